The molecule has 3 heterocycles. The lowest BCUT2D eigenvalue weighted by Gasteiger charge is -2.18. The zero-order chi connectivity index (χ0) is 19.3. The second-order valence-electron chi connectivity index (χ2n) is 6.70. The van der Waals surface area contributed by atoms with E-state index in [0.29, 0.717) is 13.0 Å². The maximum absolute atomic E-state index is 12.9. The maximum Gasteiger partial charge on any atom is 0.226 e. The summed E-state index contributed by atoms with van der Waals surface area (Å²) in [5.41, 5.74) is 3.09. The van der Waals surface area contributed by atoms with E-state index < -0.39 is 0 Å². The lowest BCUT2D eigenvalue weighted by Crippen LogP contribution is -2.19. The van der Waals surface area contributed by atoms with Crippen molar-refractivity contribution >= 4 is 33.8 Å². The van der Waals surface area contributed by atoms with Gasteiger partial charge in [-0.2, -0.15) is 11.3 Å². The van der Waals surface area contributed by atoms with Crippen molar-refractivity contribution in [2.45, 2.75) is 19.0 Å². The molecule has 0 radical (unpaired) electrons. The number of rotatable bonds is 8. The molecule has 4 aromatic rings. The SMILES string of the molecule is COCCn1ccc2c(NC(=O)C[C@@H](c3ccsc3)n3cccc3)cccc21. The Morgan fingerprint density at radius 3 is 2.75 bits per heavy atom. The van der Waals surface area contributed by atoms with Crippen molar-refractivity contribution in [3.63, 3.8) is 0 Å². The quantitative estimate of drug-likeness (QED) is 0.469. The summed E-state index contributed by atoms with van der Waals surface area (Å²) >= 11 is 1.65. The molecule has 1 aromatic carbocycles. The largest absolute Gasteiger partial charge is 0.383 e. The number of hydrogen-bond acceptors (Lipinski definition) is 3. The van der Waals surface area contributed by atoms with Gasteiger partial charge in [-0.25, -0.2) is 0 Å². The molecule has 1 atom stereocenters. The summed E-state index contributed by atoms with van der Waals surface area (Å²) in [5.74, 6) is 0.00189. The first kappa shape index (κ1) is 18.5. The Labute approximate surface area is 168 Å². The summed E-state index contributed by atoms with van der Waals surface area (Å²) in [6, 6.07) is 14.1. The highest BCUT2D eigenvalue weighted by atomic mass is 32.1. The molecule has 0 aliphatic heterocycles. The highest BCUT2D eigenvalue weighted by Crippen LogP contribution is 2.28. The van der Waals surface area contributed by atoms with Crippen molar-refractivity contribution in [2.75, 3.05) is 19.0 Å². The van der Waals surface area contributed by atoms with E-state index >= 15 is 0 Å². The van der Waals surface area contributed by atoms with Crippen LogP contribution in [0.1, 0.15) is 18.0 Å². The summed E-state index contributed by atoms with van der Waals surface area (Å²) < 4.78 is 9.41. The van der Waals surface area contributed by atoms with Crippen molar-refractivity contribution in [3.05, 3.63) is 77.4 Å². The van der Waals surface area contributed by atoms with Gasteiger partial charge in [-0.1, -0.05) is 6.07 Å². The van der Waals surface area contributed by atoms with Gasteiger partial charge in [0.05, 0.1) is 30.3 Å². The Balaban J connectivity index is 1.54. The van der Waals surface area contributed by atoms with E-state index in [4.69, 9.17) is 4.74 Å². The third kappa shape index (κ3) is 3.88. The predicted octanol–water partition coefficient (Wildman–Crippen LogP) is 4.77. The standard InChI is InChI=1S/C22H23N3O2S/c1-27-13-12-25-11-7-18-19(5-4-6-20(18)25)23-22(26)15-21(17-8-14-28-16-17)24-9-2-3-10-24/h2-11,14,16,21H,12-13,15H2,1H3,(H,23,26)/t21-/m0/s1. The Hall–Kier alpha value is -2.83. The fourth-order valence-electron chi connectivity index (χ4n) is 3.51. The number of nitrogens with zero attached hydrogens (tertiary/aromatic N) is 2. The molecule has 28 heavy (non-hydrogen) atoms. The van der Waals surface area contributed by atoms with Crippen molar-refractivity contribution in [1.82, 2.24) is 9.13 Å². The van der Waals surface area contributed by atoms with E-state index in [2.05, 4.69) is 32.0 Å². The molecule has 1 amide bonds. The highest BCUT2D eigenvalue weighted by Gasteiger charge is 2.18. The van der Waals surface area contributed by atoms with Gasteiger partial charge in [0.1, 0.15) is 0 Å². The fraction of sp³-hybridized carbons (Fsp3) is 0.227. The molecule has 0 saturated heterocycles. The number of ether oxygens (including phenoxy) is 1. The van der Waals surface area contributed by atoms with Crippen LogP contribution in [0.5, 0.6) is 0 Å². The highest BCUT2D eigenvalue weighted by molar-refractivity contribution is 7.08. The molecule has 0 spiro atoms. The van der Waals surface area contributed by atoms with Crippen molar-refractivity contribution in [1.29, 1.82) is 0 Å². The first-order valence-corrected chi connectivity index (χ1v) is 10.2. The van der Waals surface area contributed by atoms with E-state index in [1.54, 1.807) is 18.4 Å². The van der Waals surface area contributed by atoms with Crippen molar-refractivity contribution in [2.24, 2.45) is 0 Å². The van der Waals surface area contributed by atoms with Crippen LogP contribution in [-0.2, 0) is 16.1 Å². The van der Waals surface area contributed by atoms with Crippen LogP contribution < -0.4 is 5.32 Å². The Morgan fingerprint density at radius 1 is 1.14 bits per heavy atom. The van der Waals surface area contributed by atoms with Crippen molar-refractivity contribution in [3.8, 4) is 0 Å². The van der Waals surface area contributed by atoms with Gasteiger partial charge in [-0.3, -0.25) is 4.79 Å². The molecule has 5 nitrogen and oxygen atoms in total. The van der Waals surface area contributed by atoms with Crippen LogP contribution in [0.3, 0.4) is 0 Å². The summed E-state index contributed by atoms with van der Waals surface area (Å²) in [6.45, 7) is 1.44. The molecule has 0 aliphatic rings. The van der Waals surface area contributed by atoms with Gasteiger partial charge >= 0.3 is 0 Å². The van der Waals surface area contributed by atoms with Crippen LogP contribution >= 0.6 is 11.3 Å². The summed E-state index contributed by atoms with van der Waals surface area (Å²) in [7, 11) is 1.70. The van der Waals surface area contributed by atoms with Crippen LogP contribution in [-0.4, -0.2) is 28.8 Å². The summed E-state index contributed by atoms with van der Waals surface area (Å²) in [4.78, 5) is 12.9. The number of methoxy groups -OCH3 is 1. The van der Waals surface area contributed by atoms with Gasteiger partial charge in [0, 0.05) is 37.6 Å². The molecule has 3 aromatic heterocycles. The number of nitrogens with one attached hydrogen (secondary N) is 1. The fourth-order valence-corrected chi connectivity index (χ4v) is 4.22. The minimum Gasteiger partial charge on any atom is -0.383 e. The lowest BCUT2D eigenvalue weighted by molar-refractivity contribution is -0.116. The van der Waals surface area contributed by atoms with Crippen LogP contribution in [0.15, 0.2) is 71.8 Å². The number of aromatic nitrogens is 2. The normalized spacial score (nSPS) is 12.3. The average molecular weight is 394 g/mol. The molecule has 0 unspecified atom stereocenters. The number of carbonyl (C=O) groups excluding carboxylic acids is 1. The molecule has 0 aliphatic carbocycles. The Kier molecular flexibility index (Phi) is 5.60. The zero-order valence-electron chi connectivity index (χ0n) is 15.7. The number of anilines is 1. The average Bonchev–Trinajstić information content (AvgIpc) is 3.47. The molecular weight excluding hydrogens is 370 g/mol. The lowest BCUT2D eigenvalue weighted by atomic mass is 10.1. The van der Waals surface area contributed by atoms with E-state index in [-0.39, 0.29) is 11.9 Å². The molecule has 6 heteroatoms. The number of amides is 1. The van der Waals surface area contributed by atoms with Gasteiger partial charge < -0.3 is 19.2 Å². The number of fused-ring (bicyclic) bond motifs is 1. The second kappa shape index (κ2) is 8.46. The molecule has 0 fully saturated rings. The van der Waals surface area contributed by atoms with Crippen molar-refractivity contribution < 1.29 is 9.53 Å². The smallest absolute Gasteiger partial charge is 0.226 e. The van der Waals surface area contributed by atoms with E-state index in [1.165, 1.54) is 0 Å². The molecule has 4 rings (SSSR count). The zero-order valence-corrected chi connectivity index (χ0v) is 16.6. The molecule has 144 valence electrons. The van der Waals surface area contributed by atoms with Gasteiger partial charge in [0.25, 0.3) is 0 Å². The molecule has 0 saturated carbocycles. The first-order chi connectivity index (χ1) is 13.8. The monoisotopic (exact) mass is 393 g/mol. The molecule has 1 N–H and O–H groups in total. The van der Waals surface area contributed by atoms with Gasteiger partial charge in [-0.05, 0) is 52.7 Å². The third-order valence-electron chi connectivity index (χ3n) is 4.92. The molecular formula is C22H23N3O2S. The maximum atomic E-state index is 12.9. The first-order valence-electron chi connectivity index (χ1n) is 9.27. The number of benzene rings is 1. The minimum atomic E-state index is -0.00763. The van der Waals surface area contributed by atoms with Gasteiger partial charge in [0.2, 0.25) is 5.91 Å². The van der Waals surface area contributed by atoms with Gasteiger partial charge in [-0.15, -0.1) is 0 Å². The van der Waals surface area contributed by atoms with E-state index in [9.17, 15) is 4.79 Å². The summed E-state index contributed by atoms with van der Waals surface area (Å²) in [5, 5.41) is 8.31. The second-order valence-corrected chi connectivity index (χ2v) is 7.48. The van der Waals surface area contributed by atoms with Crippen LogP contribution in [0.4, 0.5) is 5.69 Å². The number of thiophene rings is 1. The topological polar surface area (TPSA) is 48.2 Å². The summed E-state index contributed by atoms with van der Waals surface area (Å²) in [6.07, 6.45) is 6.43. The number of carbonyl (C=O) groups is 1. The van der Waals surface area contributed by atoms with Crippen LogP contribution in [0.25, 0.3) is 10.9 Å². The molecule has 0 bridgehead atoms. The Morgan fingerprint density at radius 2 is 2.00 bits per heavy atom. The predicted molar refractivity (Wildman–Crippen MR) is 114 cm³/mol. The van der Waals surface area contributed by atoms with E-state index in [1.807, 2.05) is 54.3 Å². The van der Waals surface area contributed by atoms with Gasteiger partial charge in [0.15, 0.2) is 0 Å². The minimum absolute atomic E-state index is 0.00189. The van der Waals surface area contributed by atoms with Crippen LogP contribution in [0, 0.1) is 0 Å². The Bertz CT molecular complexity index is 1000. The third-order valence-corrected chi connectivity index (χ3v) is 5.62. The van der Waals surface area contributed by atoms with E-state index in [0.717, 1.165) is 28.7 Å². The number of hydrogen-bond donors (Lipinski definition) is 1. The van der Waals surface area contributed by atoms with Crippen LogP contribution in [0.2, 0.25) is 0 Å².